The summed E-state index contributed by atoms with van der Waals surface area (Å²) < 4.78 is 23.5. The van der Waals surface area contributed by atoms with Gasteiger partial charge in [0.05, 0.1) is 13.6 Å². The van der Waals surface area contributed by atoms with Crippen molar-refractivity contribution in [2.24, 2.45) is 0 Å². The Labute approximate surface area is 118 Å². The lowest BCUT2D eigenvalue weighted by molar-refractivity contribution is 0.104. The van der Waals surface area contributed by atoms with Crippen LogP contribution < -0.4 is 0 Å². The van der Waals surface area contributed by atoms with Crippen molar-refractivity contribution in [1.82, 2.24) is 0 Å². The van der Waals surface area contributed by atoms with Crippen molar-refractivity contribution in [2.75, 3.05) is 6.26 Å². The number of carbonyl (C=O) groups excluding carboxylic acids is 1. The van der Waals surface area contributed by atoms with E-state index in [0.717, 1.165) is 10.0 Å². The lowest BCUT2D eigenvalue weighted by atomic mass is 10.1. The number of sulfone groups is 1. The predicted molar refractivity (Wildman–Crippen MR) is 75.0 cm³/mol. The lowest BCUT2D eigenvalue weighted by Gasteiger charge is -2.00. The third-order valence-corrected chi connectivity index (χ3v) is 5.09. The molecule has 0 aliphatic heterocycles. The van der Waals surface area contributed by atoms with Gasteiger partial charge in [-0.25, -0.2) is 8.42 Å². The first-order valence-electron chi connectivity index (χ1n) is 4.98. The Morgan fingerprint density at radius 2 is 1.72 bits per heavy atom. The number of hydrogen-bond acceptors (Lipinski definition) is 4. The Kier molecular flexibility index (Phi) is 3.70. The van der Waals surface area contributed by atoms with E-state index in [9.17, 15) is 13.2 Å². The topological polar surface area (TPSA) is 51.2 Å². The van der Waals surface area contributed by atoms with Crippen LogP contribution in [0.2, 0.25) is 0 Å². The normalized spacial score (nSPS) is 11.4. The maximum Gasteiger partial charge on any atom is 0.202 e. The first kappa shape index (κ1) is 13.5. The first-order valence-corrected chi connectivity index (χ1v) is 8.48. The highest BCUT2D eigenvalue weighted by atomic mass is 79.9. The second kappa shape index (κ2) is 4.95. The fourth-order valence-electron chi connectivity index (χ4n) is 1.43. The number of halogens is 1. The van der Waals surface area contributed by atoms with Crippen molar-refractivity contribution in [1.29, 1.82) is 0 Å². The van der Waals surface area contributed by atoms with E-state index < -0.39 is 9.84 Å². The Balaban J connectivity index is 2.33. The molecular formula is C12H9BrO3S2. The van der Waals surface area contributed by atoms with Gasteiger partial charge in [0, 0.05) is 11.8 Å². The minimum absolute atomic E-state index is 0.106. The van der Waals surface area contributed by atoms with Gasteiger partial charge in [-0.3, -0.25) is 4.79 Å². The largest absolute Gasteiger partial charge is 0.288 e. The van der Waals surface area contributed by atoms with Gasteiger partial charge in [0.1, 0.15) is 0 Å². The van der Waals surface area contributed by atoms with Gasteiger partial charge in [0.25, 0.3) is 0 Å². The van der Waals surface area contributed by atoms with Gasteiger partial charge in [0.2, 0.25) is 5.78 Å². The molecule has 3 nitrogen and oxygen atoms in total. The number of carbonyl (C=O) groups is 1. The molecule has 0 aliphatic carbocycles. The summed E-state index contributed by atoms with van der Waals surface area (Å²) in [6, 6.07) is 9.51. The summed E-state index contributed by atoms with van der Waals surface area (Å²) in [4.78, 5) is 12.9. The fraction of sp³-hybridized carbons (Fsp3) is 0.0833. The van der Waals surface area contributed by atoms with Crippen LogP contribution >= 0.6 is 27.3 Å². The third kappa shape index (κ3) is 2.88. The zero-order valence-corrected chi connectivity index (χ0v) is 12.6. The second-order valence-electron chi connectivity index (χ2n) is 3.73. The fourth-order valence-corrected chi connectivity index (χ4v) is 3.41. The van der Waals surface area contributed by atoms with Crippen LogP contribution in [-0.4, -0.2) is 20.5 Å². The standard InChI is InChI=1S/C12H9BrO3S2/c1-18(15,16)9-4-2-8(3-5-9)12(14)10-6-7-11(13)17-10/h2-7H,1H3. The van der Waals surface area contributed by atoms with Gasteiger partial charge in [-0.05, 0) is 52.3 Å². The molecular weight excluding hydrogens is 336 g/mol. The SMILES string of the molecule is CS(=O)(=O)c1ccc(C(=O)c2ccc(Br)s2)cc1. The number of benzene rings is 1. The van der Waals surface area contributed by atoms with Gasteiger partial charge in [-0.15, -0.1) is 11.3 Å². The number of thiophene rings is 1. The number of ketones is 1. The van der Waals surface area contributed by atoms with Crippen molar-refractivity contribution in [3.05, 3.63) is 50.6 Å². The molecule has 0 spiro atoms. The summed E-state index contributed by atoms with van der Waals surface area (Å²) in [6.45, 7) is 0. The van der Waals surface area contributed by atoms with Gasteiger partial charge < -0.3 is 0 Å². The van der Waals surface area contributed by atoms with Crippen LogP contribution in [0.25, 0.3) is 0 Å². The molecule has 2 rings (SSSR count). The zero-order valence-electron chi connectivity index (χ0n) is 9.38. The molecule has 0 atom stereocenters. The van der Waals surface area contributed by atoms with E-state index in [4.69, 9.17) is 0 Å². The average molecular weight is 345 g/mol. The third-order valence-electron chi connectivity index (χ3n) is 2.34. The molecule has 1 aromatic carbocycles. The molecule has 0 unspecified atom stereocenters. The van der Waals surface area contributed by atoms with Crippen molar-refractivity contribution < 1.29 is 13.2 Å². The van der Waals surface area contributed by atoms with E-state index in [1.54, 1.807) is 6.07 Å². The van der Waals surface area contributed by atoms with Gasteiger partial charge in [-0.2, -0.15) is 0 Å². The van der Waals surface area contributed by atoms with Crippen LogP contribution in [0.3, 0.4) is 0 Å². The smallest absolute Gasteiger partial charge is 0.202 e. The average Bonchev–Trinajstić information content (AvgIpc) is 2.74. The Hall–Kier alpha value is -0.980. The van der Waals surface area contributed by atoms with E-state index in [0.29, 0.717) is 10.4 Å². The quantitative estimate of drug-likeness (QED) is 0.803. The molecule has 0 fully saturated rings. The number of rotatable bonds is 3. The van der Waals surface area contributed by atoms with E-state index in [1.165, 1.54) is 35.6 Å². The van der Waals surface area contributed by atoms with Crippen molar-refractivity contribution in [3.63, 3.8) is 0 Å². The highest BCUT2D eigenvalue weighted by Gasteiger charge is 2.13. The molecule has 6 heteroatoms. The van der Waals surface area contributed by atoms with E-state index in [2.05, 4.69) is 15.9 Å². The highest BCUT2D eigenvalue weighted by Crippen LogP contribution is 2.24. The van der Waals surface area contributed by atoms with Crippen LogP contribution in [0.5, 0.6) is 0 Å². The highest BCUT2D eigenvalue weighted by molar-refractivity contribution is 9.11. The Morgan fingerprint density at radius 1 is 1.11 bits per heavy atom. The van der Waals surface area contributed by atoms with Crippen LogP contribution in [0.4, 0.5) is 0 Å². The molecule has 1 heterocycles. The van der Waals surface area contributed by atoms with Crippen molar-refractivity contribution >= 4 is 42.9 Å². The van der Waals surface area contributed by atoms with Crippen LogP contribution in [0, 0.1) is 0 Å². The maximum absolute atomic E-state index is 12.1. The van der Waals surface area contributed by atoms with Crippen LogP contribution in [0.1, 0.15) is 15.2 Å². The summed E-state index contributed by atoms with van der Waals surface area (Å²) in [7, 11) is -3.22. The minimum Gasteiger partial charge on any atom is -0.288 e. The van der Waals surface area contributed by atoms with Gasteiger partial charge in [0.15, 0.2) is 9.84 Å². The lowest BCUT2D eigenvalue weighted by Crippen LogP contribution is -2.01. The van der Waals surface area contributed by atoms with Crippen molar-refractivity contribution in [3.8, 4) is 0 Å². The van der Waals surface area contributed by atoms with Crippen LogP contribution in [0.15, 0.2) is 45.1 Å². The Bertz CT molecular complexity index is 684. The molecule has 0 saturated carbocycles. The molecule has 0 aliphatic rings. The molecule has 0 N–H and O–H groups in total. The monoisotopic (exact) mass is 344 g/mol. The van der Waals surface area contributed by atoms with Gasteiger partial charge in [-0.1, -0.05) is 0 Å². The number of hydrogen-bond donors (Lipinski definition) is 0. The molecule has 2 aromatic rings. The van der Waals surface area contributed by atoms with Crippen LogP contribution in [-0.2, 0) is 9.84 Å². The molecule has 0 bridgehead atoms. The molecule has 0 radical (unpaired) electrons. The summed E-state index contributed by atoms with van der Waals surface area (Å²) >= 11 is 4.65. The predicted octanol–water partition coefficient (Wildman–Crippen LogP) is 3.15. The molecule has 18 heavy (non-hydrogen) atoms. The summed E-state index contributed by atoms with van der Waals surface area (Å²) in [6.07, 6.45) is 1.14. The summed E-state index contributed by atoms with van der Waals surface area (Å²) in [5, 5.41) is 0. The molecule has 0 amide bonds. The minimum atomic E-state index is -3.22. The second-order valence-corrected chi connectivity index (χ2v) is 8.21. The first-order chi connectivity index (χ1) is 8.38. The van der Waals surface area contributed by atoms with E-state index >= 15 is 0 Å². The van der Waals surface area contributed by atoms with Gasteiger partial charge >= 0.3 is 0 Å². The zero-order chi connectivity index (χ0) is 13.3. The van der Waals surface area contributed by atoms with E-state index in [-0.39, 0.29) is 10.7 Å². The molecule has 1 aromatic heterocycles. The Morgan fingerprint density at radius 3 is 2.17 bits per heavy atom. The maximum atomic E-state index is 12.1. The molecule has 0 saturated heterocycles. The summed E-state index contributed by atoms with van der Waals surface area (Å²) in [5.41, 5.74) is 0.483. The molecule has 94 valence electrons. The van der Waals surface area contributed by atoms with Crippen molar-refractivity contribution in [2.45, 2.75) is 4.90 Å². The summed E-state index contributed by atoms with van der Waals surface area (Å²) in [5.74, 6) is -0.106. The van der Waals surface area contributed by atoms with E-state index in [1.807, 2.05) is 6.07 Å².